The molecule has 0 aromatic heterocycles. The second-order valence-electron chi connectivity index (χ2n) is 2.28. The van der Waals surface area contributed by atoms with Crippen LogP contribution in [0.3, 0.4) is 0 Å². The zero-order valence-corrected chi connectivity index (χ0v) is 5.51. The molecular formula is C6H14N2O. The fourth-order valence-electron chi connectivity index (χ4n) is 1.00. The van der Waals surface area contributed by atoms with Crippen molar-refractivity contribution in [2.24, 2.45) is 0 Å². The molecule has 1 fully saturated rings. The van der Waals surface area contributed by atoms with Gasteiger partial charge in [-0.15, -0.1) is 0 Å². The summed E-state index contributed by atoms with van der Waals surface area (Å²) < 4.78 is 7.41. The Balaban J connectivity index is 2.25. The monoisotopic (exact) mass is 131 g/mol. The van der Waals surface area contributed by atoms with E-state index in [9.17, 15) is 0 Å². The summed E-state index contributed by atoms with van der Waals surface area (Å²) in [6.07, 6.45) is 0.705. The van der Waals surface area contributed by atoms with Crippen LogP contribution in [-0.2, 0) is 0 Å². The highest BCUT2D eigenvalue weighted by atomic mass is 16.3. The SMILES string of the molecule is [2H]N1CCNCC1CCO. The molecule has 9 heavy (non-hydrogen) atoms. The third kappa shape index (κ3) is 2.30. The number of hydrogen-bond donors (Lipinski definition) is 3. The van der Waals surface area contributed by atoms with Crippen molar-refractivity contribution in [3.63, 3.8) is 0 Å². The number of aliphatic hydroxyl groups excluding tert-OH is 1. The van der Waals surface area contributed by atoms with Gasteiger partial charge in [0.1, 0.15) is 1.41 Å². The van der Waals surface area contributed by atoms with Crippen molar-refractivity contribution in [1.29, 1.82) is 0 Å². The second-order valence-corrected chi connectivity index (χ2v) is 2.28. The lowest BCUT2D eigenvalue weighted by Crippen LogP contribution is -2.48. The summed E-state index contributed by atoms with van der Waals surface area (Å²) in [7, 11) is 0. The van der Waals surface area contributed by atoms with Gasteiger partial charge in [-0.25, -0.2) is 0 Å². The van der Waals surface area contributed by atoms with Crippen molar-refractivity contribution in [1.82, 2.24) is 10.6 Å². The molecule has 0 saturated carbocycles. The number of piperazine rings is 1. The van der Waals surface area contributed by atoms with E-state index in [2.05, 4.69) is 5.32 Å². The maximum Gasteiger partial charge on any atom is 0.123 e. The van der Waals surface area contributed by atoms with Crippen molar-refractivity contribution >= 4 is 0 Å². The van der Waals surface area contributed by atoms with Crippen LogP contribution < -0.4 is 10.6 Å². The van der Waals surface area contributed by atoms with Gasteiger partial charge in [-0.1, -0.05) is 0 Å². The molecule has 0 radical (unpaired) electrons. The Morgan fingerprint density at radius 2 is 2.56 bits per heavy atom. The van der Waals surface area contributed by atoms with Crippen LogP contribution in [0.1, 0.15) is 6.42 Å². The summed E-state index contributed by atoms with van der Waals surface area (Å²) >= 11 is 0. The van der Waals surface area contributed by atoms with Crippen molar-refractivity contribution in [3.05, 3.63) is 0 Å². The van der Waals surface area contributed by atoms with Gasteiger partial charge in [-0.05, 0) is 6.42 Å². The van der Waals surface area contributed by atoms with Gasteiger partial charge in [0.05, 0.1) is 0 Å². The van der Waals surface area contributed by atoms with Gasteiger partial charge in [0, 0.05) is 32.3 Å². The normalized spacial score (nSPS) is 32.1. The lowest BCUT2D eigenvalue weighted by molar-refractivity contribution is 0.255. The number of aliphatic hydroxyl groups is 1. The van der Waals surface area contributed by atoms with Gasteiger partial charge in [0.2, 0.25) is 0 Å². The Morgan fingerprint density at radius 1 is 1.67 bits per heavy atom. The molecule has 1 aliphatic rings. The van der Waals surface area contributed by atoms with Crippen LogP contribution in [-0.4, -0.2) is 37.4 Å². The average molecular weight is 131 g/mol. The molecule has 0 aliphatic carbocycles. The smallest absolute Gasteiger partial charge is 0.123 e. The lowest BCUT2D eigenvalue weighted by Gasteiger charge is -2.23. The quantitative estimate of drug-likeness (QED) is 0.447. The van der Waals surface area contributed by atoms with Gasteiger partial charge < -0.3 is 15.7 Å². The fourth-order valence-corrected chi connectivity index (χ4v) is 1.00. The zero-order chi connectivity index (χ0) is 7.40. The molecule has 0 spiro atoms. The van der Waals surface area contributed by atoms with E-state index in [4.69, 9.17) is 6.52 Å². The molecule has 3 heteroatoms. The molecule has 3 N–H and O–H groups in total. The first-order valence-electron chi connectivity index (χ1n) is 3.86. The summed E-state index contributed by atoms with van der Waals surface area (Å²) in [6, 6.07) is 0.207. The van der Waals surface area contributed by atoms with E-state index in [0.717, 1.165) is 19.6 Å². The van der Waals surface area contributed by atoms with E-state index in [0.29, 0.717) is 6.42 Å². The van der Waals surface area contributed by atoms with Gasteiger partial charge >= 0.3 is 0 Å². The number of nitrogens with one attached hydrogen (secondary N) is 2. The highest BCUT2D eigenvalue weighted by Crippen LogP contribution is 1.91. The summed E-state index contributed by atoms with van der Waals surface area (Å²) in [5, 5.41) is 13.3. The summed E-state index contributed by atoms with van der Waals surface area (Å²) in [5.41, 5.74) is 0. The molecular weight excluding hydrogens is 116 g/mol. The summed E-state index contributed by atoms with van der Waals surface area (Å²) in [5.74, 6) is 0. The fraction of sp³-hybridized carbons (Fsp3) is 1.00. The predicted octanol–water partition coefficient (Wildman–Crippen LogP) is -1.07. The lowest BCUT2D eigenvalue weighted by atomic mass is 10.2. The van der Waals surface area contributed by atoms with Gasteiger partial charge in [0.25, 0.3) is 0 Å². The van der Waals surface area contributed by atoms with Crippen LogP contribution in [0.2, 0.25) is 1.41 Å². The maximum absolute atomic E-state index is 8.60. The van der Waals surface area contributed by atoms with Crippen LogP contribution in [0.4, 0.5) is 0 Å². The minimum absolute atomic E-state index is 0.182. The number of rotatable bonds is 2. The topological polar surface area (TPSA) is 44.3 Å². The Morgan fingerprint density at radius 3 is 3.22 bits per heavy atom. The first kappa shape index (κ1) is 5.65. The highest BCUT2D eigenvalue weighted by molar-refractivity contribution is 4.74. The minimum Gasteiger partial charge on any atom is -0.396 e. The van der Waals surface area contributed by atoms with Crippen LogP contribution in [0.15, 0.2) is 0 Å². The Hall–Kier alpha value is -0.120. The van der Waals surface area contributed by atoms with Gasteiger partial charge in [-0.3, -0.25) is 0 Å². The standard InChI is InChI=1S/C6H14N2O/c9-4-1-6-5-7-2-3-8-6/h6-9H,1-5H2/i/hD. The van der Waals surface area contributed by atoms with E-state index in [1.54, 1.807) is 5.31 Å². The van der Waals surface area contributed by atoms with E-state index in [-0.39, 0.29) is 12.6 Å². The van der Waals surface area contributed by atoms with E-state index >= 15 is 0 Å². The molecule has 0 bridgehead atoms. The second kappa shape index (κ2) is 3.82. The molecule has 1 saturated heterocycles. The molecule has 1 atom stereocenters. The third-order valence-electron chi connectivity index (χ3n) is 1.52. The predicted molar refractivity (Wildman–Crippen MR) is 36.4 cm³/mol. The van der Waals surface area contributed by atoms with Crippen LogP contribution >= 0.6 is 0 Å². The zero-order valence-electron chi connectivity index (χ0n) is 6.51. The Kier molecular flexibility index (Phi) is 2.40. The Labute approximate surface area is 56.9 Å². The maximum atomic E-state index is 8.60. The van der Waals surface area contributed by atoms with E-state index < -0.39 is 0 Å². The third-order valence-corrected chi connectivity index (χ3v) is 1.52. The number of hydrogen-bond acceptors (Lipinski definition) is 3. The first-order valence-corrected chi connectivity index (χ1v) is 3.41. The molecule has 1 aliphatic heterocycles. The minimum atomic E-state index is 0.182. The van der Waals surface area contributed by atoms with Crippen LogP contribution in [0, 0.1) is 0 Å². The largest absolute Gasteiger partial charge is 0.396 e. The first-order chi connectivity index (χ1) is 4.84. The highest BCUT2D eigenvalue weighted by Gasteiger charge is 2.09. The van der Waals surface area contributed by atoms with Crippen molar-refractivity contribution in [2.75, 3.05) is 26.2 Å². The molecule has 0 aromatic carbocycles. The van der Waals surface area contributed by atoms with Crippen molar-refractivity contribution in [2.45, 2.75) is 12.5 Å². The van der Waals surface area contributed by atoms with E-state index in [1.807, 2.05) is 0 Å². The molecule has 1 rings (SSSR count). The van der Waals surface area contributed by atoms with Crippen molar-refractivity contribution in [3.8, 4) is 0 Å². The molecule has 0 amide bonds. The molecule has 1 heterocycles. The molecule has 54 valence electrons. The average Bonchev–Trinajstić information content (AvgIpc) is 1.94. The molecule has 1 unspecified atom stereocenters. The molecule has 0 aromatic rings. The van der Waals surface area contributed by atoms with Crippen LogP contribution in [0.5, 0.6) is 0 Å². The van der Waals surface area contributed by atoms with Gasteiger partial charge in [-0.2, -0.15) is 0 Å². The summed E-state index contributed by atoms with van der Waals surface area (Å²) in [6.45, 7) is 2.68. The van der Waals surface area contributed by atoms with Crippen molar-refractivity contribution < 1.29 is 6.52 Å². The van der Waals surface area contributed by atoms with Gasteiger partial charge in [0.15, 0.2) is 0 Å². The molecule has 3 nitrogen and oxygen atoms in total. The van der Waals surface area contributed by atoms with Crippen LogP contribution in [0.25, 0.3) is 0 Å². The Bertz CT molecular complexity index is 99.7. The van der Waals surface area contributed by atoms with E-state index in [1.165, 1.54) is 0 Å². The summed E-state index contributed by atoms with van der Waals surface area (Å²) in [4.78, 5) is 0.